The lowest BCUT2D eigenvalue weighted by atomic mass is 10.2. The lowest BCUT2D eigenvalue weighted by Gasteiger charge is -2.11. The molecule has 1 atom stereocenters. The van der Waals surface area contributed by atoms with Crippen molar-refractivity contribution in [2.45, 2.75) is 18.0 Å². The number of ether oxygens (including phenoxy) is 1. The largest absolute Gasteiger partial charge is 0.467 e. The van der Waals surface area contributed by atoms with Crippen LogP contribution in [0.4, 0.5) is 5.69 Å². The van der Waals surface area contributed by atoms with Gasteiger partial charge in [-0.05, 0) is 13.0 Å². The van der Waals surface area contributed by atoms with Crippen LogP contribution in [0, 0.1) is 17.0 Å². The zero-order valence-electron chi connectivity index (χ0n) is 9.71. The molecule has 8 heteroatoms. The molecule has 18 heavy (non-hydrogen) atoms. The number of rotatable bonds is 2. The number of carbonyl (C=O) groups excluding carboxylic acids is 1. The maximum Gasteiger partial charge on any atom is 0.337 e. The summed E-state index contributed by atoms with van der Waals surface area (Å²) in [5.74, 6) is -0.218. The summed E-state index contributed by atoms with van der Waals surface area (Å²) in [6.07, 6.45) is 0. The molecule has 0 spiro atoms. The molecule has 7 nitrogen and oxygen atoms in total. The summed E-state index contributed by atoms with van der Waals surface area (Å²) in [6, 6.07) is 0.759. The summed E-state index contributed by atoms with van der Waals surface area (Å²) in [6.45, 7) is 1.51. The van der Waals surface area contributed by atoms with Crippen molar-refractivity contribution in [2.24, 2.45) is 0 Å². The van der Waals surface area contributed by atoms with E-state index in [1.165, 1.54) is 25.8 Å². The van der Waals surface area contributed by atoms with Crippen LogP contribution in [0.25, 0.3) is 0 Å². The first-order chi connectivity index (χ1) is 8.47. The van der Waals surface area contributed by atoms with E-state index >= 15 is 0 Å². The number of nitrogens with zero attached hydrogens (tertiary/aromatic N) is 2. The van der Waals surface area contributed by atoms with Gasteiger partial charge in [0.25, 0.3) is 0 Å². The standard InChI is InChI=1S/C10H10N2O5S/c1-5-3-7-11(9(13)8(5)12(15)16)6(4-18-7)10(14)17-2/h3,6H,4H2,1-2H3/t6-/m1/s1. The van der Waals surface area contributed by atoms with Gasteiger partial charge < -0.3 is 4.74 Å². The smallest absolute Gasteiger partial charge is 0.337 e. The predicted molar refractivity (Wildman–Crippen MR) is 63.9 cm³/mol. The van der Waals surface area contributed by atoms with Crippen molar-refractivity contribution in [1.82, 2.24) is 4.57 Å². The lowest BCUT2D eigenvalue weighted by molar-refractivity contribution is -0.387. The van der Waals surface area contributed by atoms with Crippen LogP contribution in [-0.4, -0.2) is 28.3 Å². The Labute approximate surface area is 106 Å². The fourth-order valence-corrected chi connectivity index (χ4v) is 3.11. The number of hydrogen-bond donors (Lipinski definition) is 0. The fourth-order valence-electron chi connectivity index (χ4n) is 1.88. The Morgan fingerprint density at radius 3 is 2.89 bits per heavy atom. The van der Waals surface area contributed by atoms with Crippen LogP contribution in [0.1, 0.15) is 11.6 Å². The summed E-state index contributed by atoms with van der Waals surface area (Å²) < 4.78 is 5.74. The van der Waals surface area contributed by atoms with Gasteiger partial charge in [0, 0.05) is 11.3 Å². The van der Waals surface area contributed by atoms with Crippen LogP contribution in [0.15, 0.2) is 15.9 Å². The van der Waals surface area contributed by atoms with Crippen molar-refractivity contribution in [1.29, 1.82) is 0 Å². The summed E-state index contributed by atoms with van der Waals surface area (Å²) in [4.78, 5) is 33.7. The number of carbonyl (C=O) groups is 1. The van der Waals surface area contributed by atoms with Crippen molar-refractivity contribution in [3.63, 3.8) is 0 Å². The van der Waals surface area contributed by atoms with E-state index in [1.54, 1.807) is 6.07 Å². The zero-order chi connectivity index (χ0) is 13.4. The molecule has 0 aromatic carbocycles. The predicted octanol–water partition coefficient (Wildman–Crippen LogP) is 0.885. The number of esters is 1. The van der Waals surface area contributed by atoms with Gasteiger partial charge in [-0.3, -0.25) is 19.5 Å². The maximum atomic E-state index is 12.1. The van der Waals surface area contributed by atoms with E-state index in [-0.39, 0.29) is 0 Å². The molecular formula is C10H10N2O5S. The Hall–Kier alpha value is -1.83. The van der Waals surface area contributed by atoms with Crippen LogP contribution in [0.3, 0.4) is 0 Å². The van der Waals surface area contributed by atoms with Gasteiger partial charge in [0.15, 0.2) is 0 Å². The Kier molecular flexibility index (Phi) is 3.12. The second-order valence-corrected chi connectivity index (χ2v) is 4.84. The molecule has 1 aromatic heterocycles. The monoisotopic (exact) mass is 270 g/mol. The minimum absolute atomic E-state index is 0.300. The van der Waals surface area contributed by atoms with Crippen LogP contribution in [-0.2, 0) is 9.53 Å². The number of hydrogen-bond acceptors (Lipinski definition) is 6. The van der Waals surface area contributed by atoms with Crippen LogP contribution in [0.2, 0.25) is 0 Å². The molecule has 2 rings (SSSR count). The van der Waals surface area contributed by atoms with E-state index in [0.717, 1.165) is 4.57 Å². The molecule has 1 aromatic rings. The molecule has 96 valence electrons. The second-order valence-electron chi connectivity index (χ2n) is 3.80. The Balaban J connectivity index is 2.66. The highest BCUT2D eigenvalue weighted by Gasteiger charge is 2.34. The van der Waals surface area contributed by atoms with Gasteiger partial charge in [-0.2, -0.15) is 0 Å². The molecule has 0 aliphatic carbocycles. The van der Waals surface area contributed by atoms with Gasteiger partial charge in [0.2, 0.25) is 0 Å². The topological polar surface area (TPSA) is 91.4 Å². The molecule has 1 aliphatic heterocycles. The van der Waals surface area contributed by atoms with Crippen molar-refractivity contribution in [3.05, 3.63) is 32.1 Å². The molecular weight excluding hydrogens is 260 g/mol. The van der Waals surface area contributed by atoms with E-state index in [9.17, 15) is 19.7 Å². The highest BCUT2D eigenvalue weighted by Crippen LogP contribution is 2.34. The van der Waals surface area contributed by atoms with Crippen LogP contribution < -0.4 is 5.56 Å². The number of aromatic nitrogens is 1. The van der Waals surface area contributed by atoms with Crippen molar-refractivity contribution in [2.75, 3.05) is 12.9 Å². The average Bonchev–Trinajstić information content (AvgIpc) is 2.71. The van der Waals surface area contributed by atoms with Crippen molar-refractivity contribution >= 4 is 23.4 Å². The lowest BCUT2D eigenvalue weighted by Crippen LogP contribution is -2.31. The number of thioether (sulfide) groups is 1. The first-order valence-electron chi connectivity index (χ1n) is 5.08. The molecule has 0 N–H and O–H groups in total. The summed E-state index contributed by atoms with van der Waals surface area (Å²) in [5.41, 5.74) is -0.945. The third kappa shape index (κ3) is 1.78. The van der Waals surface area contributed by atoms with Crippen molar-refractivity contribution < 1.29 is 14.5 Å². The van der Waals surface area contributed by atoms with Crippen molar-refractivity contribution in [3.8, 4) is 0 Å². The van der Waals surface area contributed by atoms with E-state index in [2.05, 4.69) is 4.74 Å². The van der Waals surface area contributed by atoms with Crippen LogP contribution >= 0.6 is 11.8 Å². The van der Waals surface area contributed by atoms with Gasteiger partial charge in [0.1, 0.15) is 6.04 Å². The molecule has 0 fully saturated rings. The maximum absolute atomic E-state index is 12.1. The molecule has 0 saturated heterocycles. The molecule has 0 unspecified atom stereocenters. The number of methoxy groups -OCH3 is 1. The molecule has 0 saturated carbocycles. The Morgan fingerprint density at radius 1 is 1.67 bits per heavy atom. The van der Waals surface area contributed by atoms with Gasteiger partial charge in [0.05, 0.1) is 17.1 Å². The highest BCUT2D eigenvalue weighted by molar-refractivity contribution is 7.99. The number of aryl methyl sites for hydroxylation is 1. The summed E-state index contributed by atoms with van der Waals surface area (Å²) >= 11 is 1.31. The van der Waals surface area contributed by atoms with E-state index in [0.29, 0.717) is 16.3 Å². The van der Waals surface area contributed by atoms with Gasteiger partial charge in [-0.25, -0.2) is 4.79 Å². The fraction of sp³-hybridized carbons (Fsp3) is 0.400. The number of pyridine rings is 1. The first kappa shape index (κ1) is 12.6. The molecule has 0 amide bonds. The zero-order valence-corrected chi connectivity index (χ0v) is 10.5. The van der Waals surface area contributed by atoms with Gasteiger partial charge >= 0.3 is 17.2 Å². The van der Waals surface area contributed by atoms with Crippen LogP contribution in [0.5, 0.6) is 0 Å². The average molecular weight is 270 g/mol. The quantitative estimate of drug-likeness (QED) is 0.450. The van der Waals surface area contributed by atoms with E-state index in [4.69, 9.17) is 0 Å². The number of fused-ring (bicyclic) bond motifs is 1. The minimum atomic E-state index is -0.790. The number of nitro groups is 1. The summed E-state index contributed by atoms with van der Waals surface area (Å²) in [5, 5.41) is 11.4. The van der Waals surface area contributed by atoms with Gasteiger partial charge in [-0.15, -0.1) is 11.8 Å². The third-order valence-corrected chi connectivity index (χ3v) is 3.82. The van der Waals surface area contributed by atoms with E-state index < -0.39 is 28.2 Å². The second kappa shape index (κ2) is 4.45. The summed E-state index contributed by atoms with van der Waals surface area (Å²) in [7, 11) is 1.22. The molecule has 0 bridgehead atoms. The molecule has 1 aliphatic rings. The molecule has 0 radical (unpaired) electrons. The first-order valence-corrected chi connectivity index (χ1v) is 6.07. The molecule has 2 heterocycles. The SMILES string of the molecule is COC(=O)[C@H]1CSc2cc(C)c([N+](=O)[O-])c(=O)n21. The van der Waals surface area contributed by atoms with Gasteiger partial charge in [-0.1, -0.05) is 0 Å². The normalized spacial score (nSPS) is 17.3. The minimum Gasteiger partial charge on any atom is -0.467 e. The Bertz CT molecular complexity index is 595. The Morgan fingerprint density at radius 2 is 2.33 bits per heavy atom. The third-order valence-electron chi connectivity index (χ3n) is 2.73. The highest BCUT2D eigenvalue weighted by atomic mass is 32.2. The van der Waals surface area contributed by atoms with E-state index in [1.807, 2.05) is 0 Å².